The number of aromatic amines is 1. The highest BCUT2D eigenvalue weighted by Crippen LogP contribution is 2.24. The zero-order valence-corrected chi connectivity index (χ0v) is 23.4. The van der Waals surface area contributed by atoms with E-state index in [-0.39, 0.29) is 17.8 Å². The Balaban J connectivity index is 1.30. The predicted molar refractivity (Wildman–Crippen MR) is 157 cm³/mol. The fraction of sp³-hybridized carbons (Fsp3) is 0.300. The van der Waals surface area contributed by atoms with Crippen LogP contribution in [0.3, 0.4) is 0 Å². The van der Waals surface area contributed by atoms with Gasteiger partial charge in [0.15, 0.2) is 0 Å². The molecule has 0 saturated carbocycles. The van der Waals surface area contributed by atoms with Crippen molar-refractivity contribution < 1.29 is 19.1 Å². The molecular formula is C30H35N7O4. The summed E-state index contributed by atoms with van der Waals surface area (Å²) < 4.78 is 4.89. The van der Waals surface area contributed by atoms with Crippen LogP contribution in [0.1, 0.15) is 55.8 Å². The van der Waals surface area contributed by atoms with E-state index in [4.69, 9.17) is 16.2 Å². The second-order valence-corrected chi connectivity index (χ2v) is 9.92. The Morgan fingerprint density at radius 2 is 1.68 bits per heavy atom. The molecule has 0 saturated heterocycles. The number of ether oxygens (including phenoxy) is 1. The van der Waals surface area contributed by atoms with Gasteiger partial charge >= 0.3 is 5.97 Å². The maximum absolute atomic E-state index is 12.9. The SMILES string of the molecule is COC(=O)[C@H](CCCNC(=O)c1c(C)cccc1C)NC(=O)c1ccc(CCc2c[nH]c3nc(N)nc(N)c23)cc1. The molecule has 0 radical (unpaired) electrons. The average Bonchev–Trinajstić information content (AvgIpc) is 3.36. The molecule has 1 atom stereocenters. The normalized spacial score (nSPS) is 11.7. The van der Waals surface area contributed by atoms with Gasteiger partial charge in [-0.05, 0) is 73.9 Å². The molecule has 11 heteroatoms. The Hall–Kier alpha value is -4.93. The standard InChI is InChI=1S/C30H35N7O4/c1-17-6-4-7-18(2)23(17)28(39)33-15-5-8-22(29(40)41-3)35-27(38)20-12-9-19(10-13-20)11-14-21-16-34-26-24(21)25(31)36-30(32)37-26/h4,6-7,9-10,12-13,16,22H,5,8,11,14-15H2,1-3H3,(H,33,39)(H,35,38)(H5,31,32,34,36,37)/t22-/m0/s1. The van der Waals surface area contributed by atoms with E-state index in [1.54, 1.807) is 12.1 Å². The summed E-state index contributed by atoms with van der Waals surface area (Å²) in [5.74, 6) is -0.637. The number of fused-ring (bicyclic) bond motifs is 1. The van der Waals surface area contributed by atoms with Crippen LogP contribution >= 0.6 is 0 Å². The number of amides is 2. The number of esters is 1. The topological polar surface area (TPSA) is 178 Å². The summed E-state index contributed by atoms with van der Waals surface area (Å²) in [5, 5.41) is 6.41. The second-order valence-electron chi connectivity index (χ2n) is 9.92. The third-order valence-corrected chi connectivity index (χ3v) is 7.01. The van der Waals surface area contributed by atoms with Gasteiger partial charge in [0.1, 0.15) is 17.5 Å². The molecule has 2 aromatic carbocycles. The van der Waals surface area contributed by atoms with Crippen molar-refractivity contribution in [1.82, 2.24) is 25.6 Å². The minimum absolute atomic E-state index is 0.117. The Morgan fingerprint density at radius 3 is 2.37 bits per heavy atom. The molecule has 214 valence electrons. The highest BCUT2D eigenvalue weighted by atomic mass is 16.5. The lowest BCUT2D eigenvalue weighted by Gasteiger charge is -2.17. The number of anilines is 2. The molecule has 0 spiro atoms. The van der Waals surface area contributed by atoms with Gasteiger partial charge in [-0.2, -0.15) is 9.97 Å². The minimum atomic E-state index is -0.840. The number of nitrogens with zero attached hydrogens (tertiary/aromatic N) is 2. The van der Waals surface area contributed by atoms with Crippen molar-refractivity contribution in [3.05, 3.63) is 82.0 Å². The number of hydrogen-bond donors (Lipinski definition) is 5. The van der Waals surface area contributed by atoms with Gasteiger partial charge in [0.25, 0.3) is 11.8 Å². The molecule has 11 nitrogen and oxygen atoms in total. The molecule has 0 unspecified atom stereocenters. The Morgan fingerprint density at radius 1 is 0.976 bits per heavy atom. The van der Waals surface area contributed by atoms with Gasteiger partial charge in [0.05, 0.1) is 12.5 Å². The van der Waals surface area contributed by atoms with Crippen molar-refractivity contribution in [2.24, 2.45) is 0 Å². The lowest BCUT2D eigenvalue weighted by atomic mass is 10.0. The summed E-state index contributed by atoms with van der Waals surface area (Å²) in [4.78, 5) is 49.2. The molecule has 2 heterocycles. The highest BCUT2D eigenvalue weighted by Gasteiger charge is 2.22. The van der Waals surface area contributed by atoms with Crippen LogP contribution < -0.4 is 22.1 Å². The van der Waals surface area contributed by atoms with Crippen molar-refractivity contribution in [3.63, 3.8) is 0 Å². The fourth-order valence-corrected chi connectivity index (χ4v) is 4.85. The number of carbonyl (C=O) groups excluding carboxylic acids is 3. The summed E-state index contributed by atoms with van der Waals surface area (Å²) in [7, 11) is 1.28. The molecule has 0 fully saturated rings. The summed E-state index contributed by atoms with van der Waals surface area (Å²) in [6, 6.07) is 12.0. The number of aryl methyl sites for hydroxylation is 4. The highest BCUT2D eigenvalue weighted by molar-refractivity contribution is 5.97. The number of carbonyl (C=O) groups is 3. The van der Waals surface area contributed by atoms with Crippen LogP contribution in [0, 0.1) is 13.8 Å². The van der Waals surface area contributed by atoms with Gasteiger partial charge in [-0.15, -0.1) is 0 Å². The Bertz CT molecular complexity index is 1540. The molecule has 4 aromatic rings. The van der Waals surface area contributed by atoms with Crippen LogP contribution in [0.25, 0.3) is 11.0 Å². The molecule has 2 amide bonds. The van der Waals surface area contributed by atoms with E-state index in [1.807, 2.05) is 50.4 Å². The molecule has 0 aliphatic carbocycles. The number of nitrogen functional groups attached to an aromatic ring is 2. The van der Waals surface area contributed by atoms with Crippen LogP contribution in [-0.4, -0.2) is 52.4 Å². The van der Waals surface area contributed by atoms with E-state index in [9.17, 15) is 14.4 Å². The third-order valence-electron chi connectivity index (χ3n) is 7.01. The van der Waals surface area contributed by atoms with Gasteiger partial charge in [0.2, 0.25) is 5.95 Å². The first kappa shape index (κ1) is 29.1. The fourth-order valence-electron chi connectivity index (χ4n) is 4.85. The Kier molecular flexibility index (Phi) is 9.18. The van der Waals surface area contributed by atoms with Crippen molar-refractivity contribution in [2.75, 3.05) is 25.1 Å². The number of nitrogens with two attached hydrogens (primary N) is 2. The van der Waals surface area contributed by atoms with Crippen molar-refractivity contribution in [3.8, 4) is 0 Å². The monoisotopic (exact) mass is 557 g/mol. The molecule has 0 bridgehead atoms. The average molecular weight is 558 g/mol. The van der Waals surface area contributed by atoms with Crippen molar-refractivity contribution in [1.29, 1.82) is 0 Å². The van der Waals surface area contributed by atoms with Gasteiger partial charge in [-0.1, -0.05) is 30.3 Å². The van der Waals surface area contributed by atoms with Crippen molar-refractivity contribution >= 4 is 40.6 Å². The van der Waals surface area contributed by atoms with Gasteiger partial charge in [-0.3, -0.25) is 9.59 Å². The van der Waals surface area contributed by atoms with Crippen LogP contribution in [-0.2, 0) is 22.4 Å². The van der Waals surface area contributed by atoms with E-state index in [0.717, 1.165) is 27.6 Å². The molecular weight excluding hydrogens is 522 g/mol. The zero-order chi connectivity index (χ0) is 29.5. The third kappa shape index (κ3) is 6.99. The number of methoxy groups -OCH3 is 1. The lowest BCUT2D eigenvalue weighted by molar-refractivity contribution is -0.143. The predicted octanol–water partition coefficient (Wildman–Crippen LogP) is 3.01. The van der Waals surface area contributed by atoms with Crippen LogP contribution in [0.4, 0.5) is 11.8 Å². The minimum Gasteiger partial charge on any atom is -0.467 e. The van der Waals surface area contributed by atoms with Crippen LogP contribution in [0.15, 0.2) is 48.7 Å². The summed E-state index contributed by atoms with van der Waals surface area (Å²) in [5.41, 5.74) is 17.2. The molecule has 0 aliphatic rings. The molecule has 0 aliphatic heterocycles. The molecule has 7 N–H and O–H groups in total. The van der Waals surface area contributed by atoms with Gasteiger partial charge in [-0.25, -0.2) is 4.79 Å². The van der Waals surface area contributed by atoms with Crippen LogP contribution in [0.5, 0.6) is 0 Å². The lowest BCUT2D eigenvalue weighted by Crippen LogP contribution is -2.42. The number of rotatable bonds is 11. The van der Waals surface area contributed by atoms with Gasteiger partial charge < -0.3 is 31.8 Å². The maximum atomic E-state index is 12.9. The first-order chi connectivity index (χ1) is 19.7. The number of H-pyrrole nitrogens is 1. The van der Waals surface area contributed by atoms with Crippen LogP contribution in [0.2, 0.25) is 0 Å². The second kappa shape index (κ2) is 12.9. The van der Waals surface area contributed by atoms with E-state index in [0.29, 0.717) is 54.8 Å². The van der Waals surface area contributed by atoms with E-state index in [2.05, 4.69) is 25.6 Å². The van der Waals surface area contributed by atoms with E-state index in [1.165, 1.54) is 7.11 Å². The number of benzene rings is 2. The largest absolute Gasteiger partial charge is 0.467 e. The summed E-state index contributed by atoms with van der Waals surface area (Å²) in [6.07, 6.45) is 4.03. The smallest absolute Gasteiger partial charge is 0.328 e. The first-order valence-corrected chi connectivity index (χ1v) is 13.4. The first-order valence-electron chi connectivity index (χ1n) is 13.4. The quantitative estimate of drug-likeness (QED) is 0.138. The molecule has 41 heavy (non-hydrogen) atoms. The number of hydrogen-bond acceptors (Lipinski definition) is 8. The van der Waals surface area contributed by atoms with Gasteiger partial charge in [0, 0.05) is 23.9 Å². The Labute approximate surface area is 238 Å². The molecule has 4 rings (SSSR count). The van der Waals surface area contributed by atoms with E-state index >= 15 is 0 Å². The zero-order valence-electron chi connectivity index (χ0n) is 23.4. The van der Waals surface area contributed by atoms with Crippen molar-refractivity contribution in [2.45, 2.75) is 45.6 Å². The maximum Gasteiger partial charge on any atom is 0.328 e. The number of nitrogens with one attached hydrogen (secondary N) is 3. The summed E-state index contributed by atoms with van der Waals surface area (Å²) >= 11 is 0. The number of aromatic nitrogens is 3. The van der Waals surface area contributed by atoms with E-state index < -0.39 is 12.0 Å². The summed E-state index contributed by atoms with van der Waals surface area (Å²) in [6.45, 7) is 4.14. The molecule has 2 aromatic heterocycles.